The average Bonchev–Trinajstić information content (AvgIpc) is 3.47. The van der Waals surface area contributed by atoms with E-state index in [1.807, 2.05) is 25.5 Å². The highest BCUT2D eigenvalue weighted by atomic mass is 17.0. The van der Waals surface area contributed by atoms with Gasteiger partial charge in [0.25, 0.3) is 5.09 Å². The third-order valence-corrected chi connectivity index (χ3v) is 11.3. The van der Waals surface area contributed by atoms with Gasteiger partial charge < -0.3 is 35.6 Å². The number of piperidine rings is 1. The number of nitrogens with zero attached hydrogens (tertiary/aromatic N) is 4. The molecular formula is C41H60N6O9. The Bertz CT molecular complexity index is 1770. The van der Waals surface area contributed by atoms with E-state index in [-0.39, 0.29) is 41.3 Å². The normalized spacial score (nSPS) is 17.3. The molecule has 1 fully saturated rings. The summed E-state index contributed by atoms with van der Waals surface area (Å²) in [7, 11) is 1.70. The fourth-order valence-corrected chi connectivity index (χ4v) is 7.89. The molecule has 1 saturated heterocycles. The number of hydrogen-bond donors (Lipinski definition) is 4. The standard InChI is InChI=1S/C41H60N6O9/c1-25(2)29(20-28-12-13-31-27(5)44-46(36(31)21-28)16-9-19-55-6)22-35(42)38(49)23-34(26(3)4)40(50)43-30-14-17-45(18-15-30)37(24-48)39(56-47(53)54)32-10-7-8-11-33(32)41(51)52/h7-8,10-13,21,24-26,29-30,34-35,37-39,49H,9,14-20,22-23,42H2,1-6H3,(H,43,50)(H,51,52)/t29-,34-,35-,37?,38-,39?/m0/s1. The highest BCUT2D eigenvalue weighted by Crippen LogP contribution is 2.31. The minimum absolute atomic E-state index is 0.0228. The molecule has 6 atom stereocenters. The van der Waals surface area contributed by atoms with Crippen molar-refractivity contribution < 1.29 is 39.3 Å². The van der Waals surface area contributed by atoms with Gasteiger partial charge in [0.1, 0.15) is 6.29 Å². The first-order chi connectivity index (χ1) is 26.6. The fourth-order valence-electron chi connectivity index (χ4n) is 7.89. The van der Waals surface area contributed by atoms with E-state index < -0.39 is 41.3 Å². The number of benzene rings is 2. The summed E-state index contributed by atoms with van der Waals surface area (Å²) in [6.07, 6.45) is 1.53. The van der Waals surface area contributed by atoms with Gasteiger partial charge in [0, 0.05) is 56.7 Å². The number of aromatic nitrogens is 2. The zero-order valence-electron chi connectivity index (χ0n) is 33.5. The first-order valence-corrected chi connectivity index (χ1v) is 19.7. The number of aliphatic hydroxyl groups excluding tert-OH is 1. The smallest absolute Gasteiger partial charge is 0.336 e. The van der Waals surface area contributed by atoms with Gasteiger partial charge in [-0.3, -0.25) is 14.4 Å². The van der Waals surface area contributed by atoms with Gasteiger partial charge in [-0.25, -0.2) is 4.79 Å². The second kappa shape index (κ2) is 20.6. The van der Waals surface area contributed by atoms with Crippen LogP contribution in [0.2, 0.25) is 0 Å². The number of hydrogen-bond acceptors (Lipinski definition) is 11. The van der Waals surface area contributed by atoms with Crippen molar-refractivity contribution in [2.45, 2.75) is 110 Å². The van der Waals surface area contributed by atoms with Crippen LogP contribution in [0.25, 0.3) is 10.9 Å². The SMILES string of the molecule is COCCCn1nc(C)c2ccc(C[C@@H](C[C@H](N)[C@@H](O)C[C@H](C(=O)NC3CCN(C(C=O)C(O[N+](=O)[O-])c4ccccc4C(=O)O)CC3)C(C)C)C(C)C)cc21. The number of carboxylic acids is 1. The molecule has 1 amide bonds. The van der Waals surface area contributed by atoms with Gasteiger partial charge in [-0.1, -0.05) is 58.0 Å². The molecule has 15 heteroatoms. The second-order valence-corrected chi connectivity index (χ2v) is 15.9. The Morgan fingerprint density at radius 1 is 1.11 bits per heavy atom. The molecule has 1 aliphatic rings. The minimum Gasteiger partial charge on any atom is -0.478 e. The largest absolute Gasteiger partial charge is 0.478 e. The quantitative estimate of drug-likeness (QED) is 0.0472. The number of nitrogens with two attached hydrogens (primary N) is 1. The predicted octanol–water partition coefficient (Wildman–Crippen LogP) is 4.73. The lowest BCUT2D eigenvalue weighted by atomic mass is 9.80. The highest BCUT2D eigenvalue weighted by Gasteiger charge is 2.37. The maximum absolute atomic E-state index is 13.7. The first kappa shape index (κ1) is 44.3. The Labute approximate surface area is 329 Å². The summed E-state index contributed by atoms with van der Waals surface area (Å²) in [5.74, 6) is -1.55. The summed E-state index contributed by atoms with van der Waals surface area (Å²) in [5, 5.41) is 40.5. The zero-order valence-corrected chi connectivity index (χ0v) is 33.5. The van der Waals surface area contributed by atoms with E-state index in [2.05, 4.69) is 37.4 Å². The second-order valence-electron chi connectivity index (χ2n) is 15.9. The number of aryl methyl sites for hydroxylation is 2. The minimum atomic E-state index is -1.46. The Kier molecular flexibility index (Phi) is 16.3. The number of methoxy groups -OCH3 is 1. The summed E-state index contributed by atoms with van der Waals surface area (Å²) >= 11 is 0. The van der Waals surface area contributed by atoms with Crippen LogP contribution in [0.15, 0.2) is 42.5 Å². The van der Waals surface area contributed by atoms with Crippen molar-refractivity contribution in [3.05, 3.63) is 75.0 Å². The van der Waals surface area contributed by atoms with Crippen LogP contribution in [0.1, 0.15) is 93.1 Å². The van der Waals surface area contributed by atoms with Crippen molar-refractivity contribution in [3.8, 4) is 0 Å². The molecule has 0 spiro atoms. The Balaban J connectivity index is 1.36. The van der Waals surface area contributed by atoms with Crippen molar-refractivity contribution >= 4 is 29.1 Å². The maximum atomic E-state index is 13.7. The van der Waals surface area contributed by atoms with E-state index in [0.29, 0.717) is 51.2 Å². The molecule has 0 saturated carbocycles. The van der Waals surface area contributed by atoms with E-state index >= 15 is 0 Å². The monoisotopic (exact) mass is 780 g/mol. The van der Waals surface area contributed by atoms with Crippen molar-refractivity contribution in [2.75, 3.05) is 26.8 Å². The van der Waals surface area contributed by atoms with Crippen LogP contribution in [0.5, 0.6) is 0 Å². The van der Waals surface area contributed by atoms with Crippen molar-refractivity contribution in [1.82, 2.24) is 20.0 Å². The van der Waals surface area contributed by atoms with Crippen LogP contribution in [0, 0.1) is 40.7 Å². The maximum Gasteiger partial charge on any atom is 0.336 e. The van der Waals surface area contributed by atoms with Crippen LogP contribution in [-0.4, -0.2) is 99.2 Å². The van der Waals surface area contributed by atoms with Crippen LogP contribution < -0.4 is 11.1 Å². The molecule has 15 nitrogen and oxygen atoms in total. The number of amides is 1. The molecule has 3 aromatic rings. The van der Waals surface area contributed by atoms with Gasteiger partial charge in [-0.2, -0.15) is 5.10 Å². The molecule has 2 unspecified atom stereocenters. The van der Waals surface area contributed by atoms with Crippen LogP contribution >= 0.6 is 0 Å². The molecule has 2 heterocycles. The number of aromatic carboxylic acids is 1. The number of nitrogens with one attached hydrogen (secondary N) is 1. The molecule has 1 aliphatic heterocycles. The third-order valence-electron chi connectivity index (χ3n) is 11.3. The lowest BCUT2D eigenvalue weighted by molar-refractivity contribution is -0.771. The molecule has 4 rings (SSSR count). The summed E-state index contributed by atoms with van der Waals surface area (Å²) in [4.78, 5) is 56.0. The first-order valence-electron chi connectivity index (χ1n) is 19.7. The zero-order chi connectivity index (χ0) is 41.1. The number of fused-ring (bicyclic) bond motifs is 1. The van der Waals surface area contributed by atoms with Crippen LogP contribution in [0.3, 0.4) is 0 Å². The predicted molar refractivity (Wildman–Crippen MR) is 211 cm³/mol. The molecular weight excluding hydrogens is 720 g/mol. The Hall–Kier alpha value is -4.44. The number of carboxylic acid groups (broad SMARTS) is 1. The van der Waals surface area contributed by atoms with Gasteiger partial charge in [-0.05, 0) is 86.5 Å². The summed E-state index contributed by atoms with van der Waals surface area (Å²) in [5.41, 5.74) is 9.78. The summed E-state index contributed by atoms with van der Waals surface area (Å²) < 4.78 is 7.28. The van der Waals surface area contributed by atoms with E-state index in [1.165, 1.54) is 29.8 Å². The van der Waals surface area contributed by atoms with Crippen LogP contribution in [-0.2, 0) is 32.1 Å². The van der Waals surface area contributed by atoms with E-state index in [0.717, 1.165) is 36.0 Å². The van der Waals surface area contributed by atoms with Gasteiger partial charge in [-0.15, -0.1) is 10.1 Å². The molecule has 1 aromatic heterocycles. The number of aliphatic hydroxyl groups is 1. The van der Waals surface area contributed by atoms with Gasteiger partial charge >= 0.3 is 5.97 Å². The molecule has 0 radical (unpaired) electrons. The number of rotatable bonds is 22. The van der Waals surface area contributed by atoms with Crippen LogP contribution in [0.4, 0.5) is 0 Å². The van der Waals surface area contributed by atoms with Crippen molar-refractivity contribution in [3.63, 3.8) is 0 Å². The van der Waals surface area contributed by atoms with E-state index in [9.17, 15) is 34.7 Å². The Morgan fingerprint density at radius 2 is 1.80 bits per heavy atom. The fraction of sp³-hybridized carbons (Fsp3) is 0.610. The van der Waals surface area contributed by atoms with E-state index in [4.69, 9.17) is 20.4 Å². The molecule has 5 N–H and O–H groups in total. The third kappa shape index (κ3) is 11.6. The number of ether oxygens (including phenoxy) is 1. The molecule has 0 aliphatic carbocycles. The summed E-state index contributed by atoms with van der Waals surface area (Å²) in [6.45, 7) is 12.3. The number of likely N-dealkylation sites (tertiary alicyclic amines) is 1. The van der Waals surface area contributed by atoms with Crippen molar-refractivity contribution in [1.29, 1.82) is 0 Å². The molecule has 0 bridgehead atoms. The average molecular weight is 781 g/mol. The topological polar surface area (TPSA) is 212 Å². The number of carbonyl (C=O) groups excluding carboxylic acids is 2. The molecule has 2 aromatic carbocycles. The molecule has 56 heavy (non-hydrogen) atoms. The lowest BCUT2D eigenvalue weighted by Gasteiger charge is -2.38. The number of carbonyl (C=O) groups is 3. The van der Waals surface area contributed by atoms with Crippen molar-refractivity contribution in [2.24, 2.45) is 29.4 Å². The summed E-state index contributed by atoms with van der Waals surface area (Å²) in [6, 6.07) is 10.3. The van der Waals surface area contributed by atoms with Gasteiger partial charge in [0.05, 0.1) is 28.9 Å². The van der Waals surface area contributed by atoms with Gasteiger partial charge in [0.2, 0.25) is 5.91 Å². The number of aldehydes is 1. The van der Waals surface area contributed by atoms with E-state index in [1.54, 1.807) is 12.0 Å². The van der Waals surface area contributed by atoms with Gasteiger partial charge in [0.15, 0.2) is 6.10 Å². The lowest BCUT2D eigenvalue weighted by Crippen LogP contribution is -2.52. The highest BCUT2D eigenvalue weighted by molar-refractivity contribution is 5.89. The molecule has 308 valence electrons. The Morgan fingerprint density at radius 3 is 2.41 bits per heavy atom.